The summed E-state index contributed by atoms with van der Waals surface area (Å²) in [6.45, 7) is 1.52. The maximum Gasteiger partial charge on any atom is 0.224 e. The van der Waals surface area contributed by atoms with Crippen molar-refractivity contribution >= 4 is 5.91 Å². The number of carbonyl (C=O) groups is 1. The number of methoxy groups -OCH3 is 2. The van der Waals surface area contributed by atoms with Crippen LogP contribution in [0.3, 0.4) is 0 Å². The van der Waals surface area contributed by atoms with Gasteiger partial charge in [-0.3, -0.25) is 4.79 Å². The zero-order valence-electron chi connectivity index (χ0n) is 15.5. The molecule has 1 amide bonds. The van der Waals surface area contributed by atoms with Crippen molar-refractivity contribution in [3.63, 3.8) is 0 Å². The van der Waals surface area contributed by atoms with Crippen LogP contribution < -0.4 is 14.8 Å². The molecule has 1 aromatic carbocycles. The van der Waals surface area contributed by atoms with Crippen LogP contribution in [0.1, 0.15) is 36.5 Å². The van der Waals surface area contributed by atoms with Crippen molar-refractivity contribution in [1.82, 2.24) is 20.1 Å². The number of aromatic nitrogens is 3. The molecule has 7 nitrogen and oxygen atoms in total. The Balaban J connectivity index is 1.54. The van der Waals surface area contributed by atoms with Crippen LogP contribution in [0.15, 0.2) is 18.2 Å². The summed E-state index contributed by atoms with van der Waals surface area (Å²) in [5.74, 6) is 3.38. The molecule has 0 fully saturated rings. The van der Waals surface area contributed by atoms with Gasteiger partial charge in [-0.1, -0.05) is 6.42 Å². The summed E-state index contributed by atoms with van der Waals surface area (Å²) in [5, 5.41) is 11.6. The van der Waals surface area contributed by atoms with Crippen molar-refractivity contribution in [2.24, 2.45) is 0 Å². The minimum absolute atomic E-state index is 0.0489. The molecule has 0 radical (unpaired) electrons. The van der Waals surface area contributed by atoms with E-state index >= 15 is 0 Å². The minimum Gasteiger partial charge on any atom is -0.497 e. The van der Waals surface area contributed by atoms with Gasteiger partial charge in [-0.15, -0.1) is 10.2 Å². The van der Waals surface area contributed by atoms with E-state index in [2.05, 4.69) is 20.1 Å². The molecule has 0 bridgehead atoms. The molecule has 140 valence electrons. The average molecular weight is 358 g/mol. The van der Waals surface area contributed by atoms with Gasteiger partial charge < -0.3 is 19.4 Å². The highest BCUT2D eigenvalue weighted by molar-refractivity contribution is 5.79. The van der Waals surface area contributed by atoms with Crippen molar-refractivity contribution in [3.8, 4) is 11.5 Å². The van der Waals surface area contributed by atoms with Crippen molar-refractivity contribution in [3.05, 3.63) is 35.4 Å². The molecule has 1 aromatic heterocycles. The summed E-state index contributed by atoms with van der Waals surface area (Å²) in [7, 11) is 3.20. The predicted molar refractivity (Wildman–Crippen MR) is 97.5 cm³/mol. The Morgan fingerprint density at radius 3 is 2.88 bits per heavy atom. The Bertz CT molecular complexity index is 757. The number of nitrogens with zero attached hydrogens (tertiary/aromatic N) is 3. The van der Waals surface area contributed by atoms with E-state index in [0.29, 0.717) is 24.5 Å². The Morgan fingerprint density at radius 2 is 2.08 bits per heavy atom. The Hall–Kier alpha value is -2.57. The number of nitrogens with one attached hydrogen (secondary N) is 1. The van der Waals surface area contributed by atoms with Crippen LogP contribution in [0, 0.1) is 0 Å². The van der Waals surface area contributed by atoms with E-state index in [1.807, 2.05) is 18.2 Å². The molecule has 0 aliphatic carbocycles. The van der Waals surface area contributed by atoms with Crippen LogP contribution in [0.25, 0.3) is 0 Å². The van der Waals surface area contributed by atoms with E-state index in [4.69, 9.17) is 9.47 Å². The lowest BCUT2D eigenvalue weighted by Crippen LogP contribution is -2.28. The highest BCUT2D eigenvalue weighted by atomic mass is 16.5. The maximum absolute atomic E-state index is 12.3. The smallest absolute Gasteiger partial charge is 0.224 e. The van der Waals surface area contributed by atoms with Crippen molar-refractivity contribution in [1.29, 1.82) is 0 Å². The van der Waals surface area contributed by atoms with Crippen molar-refractivity contribution in [2.75, 3.05) is 20.8 Å². The first kappa shape index (κ1) is 18.2. The third kappa shape index (κ3) is 4.33. The lowest BCUT2D eigenvalue weighted by molar-refractivity contribution is -0.120. The number of rotatable bonds is 7. The number of carbonyl (C=O) groups excluding carboxylic acids is 1. The minimum atomic E-state index is -0.0489. The second-order valence-corrected chi connectivity index (χ2v) is 6.45. The standard InChI is InChI=1S/C19H26N4O3/c1-25-15-7-8-16(26-2)14(12-15)13-19(24)20-10-9-18-22-21-17-6-4-3-5-11-23(17)18/h7-8,12H,3-6,9-11,13H2,1-2H3,(H,20,24). The van der Waals surface area contributed by atoms with Crippen LogP contribution in [0.2, 0.25) is 0 Å². The quantitative estimate of drug-likeness (QED) is 0.818. The maximum atomic E-state index is 12.3. The Kier molecular flexibility index (Phi) is 6.09. The molecule has 1 aliphatic rings. The molecule has 0 atom stereocenters. The third-order valence-corrected chi connectivity index (χ3v) is 4.70. The molecule has 26 heavy (non-hydrogen) atoms. The molecular formula is C19H26N4O3. The molecule has 0 spiro atoms. The van der Waals surface area contributed by atoms with Crippen LogP contribution in [-0.4, -0.2) is 41.4 Å². The first-order valence-corrected chi connectivity index (χ1v) is 9.10. The predicted octanol–water partition coefficient (Wildman–Crippen LogP) is 1.92. The van der Waals surface area contributed by atoms with Crippen LogP contribution >= 0.6 is 0 Å². The van der Waals surface area contributed by atoms with E-state index in [1.165, 1.54) is 19.3 Å². The number of hydrogen-bond acceptors (Lipinski definition) is 5. The van der Waals surface area contributed by atoms with E-state index in [1.54, 1.807) is 14.2 Å². The monoisotopic (exact) mass is 358 g/mol. The van der Waals surface area contributed by atoms with Gasteiger partial charge in [0, 0.05) is 31.5 Å². The summed E-state index contributed by atoms with van der Waals surface area (Å²) in [6.07, 6.45) is 5.51. The summed E-state index contributed by atoms with van der Waals surface area (Å²) < 4.78 is 12.8. The molecule has 7 heteroatoms. The van der Waals surface area contributed by atoms with Crippen LogP contribution in [0.4, 0.5) is 0 Å². The summed E-state index contributed by atoms with van der Waals surface area (Å²) in [6, 6.07) is 5.46. The van der Waals surface area contributed by atoms with E-state index in [0.717, 1.165) is 30.2 Å². The first-order valence-electron chi connectivity index (χ1n) is 9.10. The SMILES string of the molecule is COc1ccc(OC)c(CC(=O)NCCc2nnc3n2CCCCC3)c1. The van der Waals surface area contributed by atoms with Gasteiger partial charge in [0.25, 0.3) is 0 Å². The summed E-state index contributed by atoms with van der Waals surface area (Å²) in [4.78, 5) is 12.3. The van der Waals surface area contributed by atoms with Gasteiger partial charge in [0.2, 0.25) is 5.91 Å². The van der Waals surface area contributed by atoms with Gasteiger partial charge in [0.1, 0.15) is 23.1 Å². The third-order valence-electron chi connectivity index (χ3n) is 4.70. The number of amides is 1. The fourth-order valence-corrected chi connectivity index (χ4v) is 3.30. The summed E-state index contributed by atoms with van der Waals surface area (Å²) in [5.41, 5.74) is 0.806. The van der Waals surface area contributed by atoms with E-state index in [9.17, 15) is 4.79 Å². The number of fused-ring (bicyclic) bond motifs is 1. The summed E-state index contributed by atoms with van der Waals surface area (Å²) >= 11 is 0. The fourth-order valence-electron chi connectivity index (χ4n) is 3.30. The average Bonchev–Trinajstić information content (AvgIpc) is 2.88. The lowest BCUT2D eigenvalue weighted by atomic mass is 10.1. The fraction of sp³-hybridized carbons (Fsp3) is 0.526. The zero-order valence-corrected chi connectivity index (χ0v) is 15.5. The van der Waals surface area contributed by atoms with Gasteiger partial charge in [-0.25, -0.2) is 0 Å². The topological polar surface area (TPSA) is 78.3 Å². The second-order valence-electron chi connectivity index (χ2n) is 6.45. The molecule has 0 saturated heterocycles. The normalized spacial score (nSPS) is 13.6. The van der Waals surface area contributed by atoms with Crippen LogP contribution in [-0.2, 0) is 30.6 Å². The largest absolute Gasteiger partial charge is 0.497 e. The zero-order chi connectivity index (χ0) is 18.4. The second kappa shape index (κ2) is 8.69. The Labute approximate surface area is 153 Å². The van der Waals surface area contributed by atoms with Crippen molar-refractivity contribution < 1.29 is 14.3 Å². The number of aryl methyl sites for hydroxylation is 1. The molecule has 1 aliphatic heterocycles. The molecule has 2 aromatic rings. The number of ether oxygens (including phenoxy) is 2. The van der Waals surface area contributed by atoms with Crippen molar-refractivity contribution in [2.45, 2.75) is 45.1 Å². The molecule has 1 N–H and O–H groups in total. The molecule has 2 heterocycles. The lowest BCUT2D eigenvalue weighted by Gasteiger charge is -2.11. The van der Waals surface area contributed by atoms with Gasteiger partial charge in [0.15, 0.2) is 0 Å². The highest BCUT2D eigenvalue weighted by Crippen LogP contribution is 2.24. The van der Waals surface area contributed by atoms with E-state index in [-0.39, 0.29) is 12.3 Å². The van der Waals surface area contributed by atoms with Gasteiger partial charge in [-0.05, 0) is 31.0 Å². The van der Waals surface area contributed by atoms with Gasteiger partial charge >= 0.3 is 0 Å². The van der Waals surface area contributed by atoms with E-state index < -0.39 is 0 Å². The van der Waals surface area contributed by atoms with Crippen LogP contribution in [0.5, 0.6) is 11.5 Å². The highest BCUT2D eigenvalue weighted by Gasteiger charge is 2.15. The molecule has 3 rings (SSSR count). The van der Waals surface area contributed by atoms with Gasteiger partial charge in [0.05, 0.1) is 20.6 Å². The van der Waals surface area contributed by atoms with Gasteiger partial charge in [-0.2, -0.15) is 0 Å². The number of benzene rings is 1. The Morgan fingerprint density at radius 1 is 1.19 bits per heavy atom. The first-order chi connectivity index (χ1) is 12.7. The molecule has 0 saturated carbocycles. The molecule has 0 unspecified atom stereocenters. The number of hydrogen-bond donors (Lipinski definition) is 1. The molecular weight excluding hydrogens is 332 g/mol.